The minimum atomic E-state index is 0.555. The average Bonchev–Trinajstić information content (AvgIpc) is 3.01. The van der Waals surface area contributed by atoms with Crippen molar-refractivity contribution in [2.45, 2.75) is 32.9 Å². The lowest BCUT2D eigenvalue weighted by Gasteiger charge is -2.26. The van der Waals surface area contributed by atoms with Gasteiger partial charge < -0.3 is 4.90 Å². The Hall–Kier alpha value is -2.47. The van der Waals surface area contributed by atoms with Gasteiger partial charge >= 0.3 is 0 Å². The van der Waals surface area contributed by atoms with E-state index in [1.165, 1.54) is 5.56 Å². The number of hydrogen-bond donors (Lipinski definition) is 0. The molecule has 0 aliphatic carbocycles. The minimum absolute atomic E-state index is 0.555. The Kier molecular flexibility index (Phi) is 4.36. The van der Waals surface area contributed by atoms with Crippen LogP contribution in [0.4, 0.5) is 5.82 Å². The first-order valence-electron chi connectivity index (χ1n) is 8.91. The molecule has 3 aromatic rings. The molecule has 1 saturated heterocycles. The van der Waals surface area contributed by atoms with Crippen LogP contribution >= 0.6 is 0 Å². The summed E-state index contributed by atoms with van der Waals surface area (Å²) in [6.45, 7) is 8.38. The number of fused-ring (bicyclic) bond motifs is 1. The standard InChI is InChI=1S/C19H24N6/c1-15-12-18(25-19(22-15)20-14-21-25)23-9-8-16(2)24(11-10-23)13-17-6-4-3-5-7-17/h3-7,12,14,16H,8-11,13H2,1-2H3. The van der Waals surface area contributed by atoms with Crippen molar-refractivity contribution in [3.63, 3.8) is 0 Å². The van der Waals surface area contributed by atoms with Crippen LogP contribution in [-0.2, 0) is 6.54 Å². The topological polar surface area (TPSA) is 49.6 Å². The Labute approximate surface area is 148 Å². The highest BCUT2D eigenvalue weighted by molar-refractivity contribution is 5.47. The molecule has 1 aliphatic heterocycles. The van der Waals surface area contributed by atoms with Crippen LogP contribution in [0.25, 0.3) is 5.78 Å². The smallest absolute Gasteiger partial charge is 0.254 e. The van der Waals surface area contributed by atoms with Gasteiger partial charge in [-0.15, -0.1) is 0 Å². The number of aryl methyl sites for hydroxylation is 1. The summed E-state index contributed by atoms with van der Waals surface area (Å²) in [5, 5.41) is 4.36. The molecule has 2 aromatic heterocycles. The molecule has 0 N–H and O–H groups in total. The van der Waals surface area contributed by atoms with Gasteiger partial charge in [-0.3, -0.25) is 4.90 Å². The second-order valence-corrected chi connectivity index (χ2v) is 6.81. The van der Waals surface area contributed by atoms with Gasteiger partial charge in [0.2, 0.25) is 0 Å². The minimum Gasteiger partial charge on any atom is -0.355 e. The first-order chi connectivity index (χ1) is 12.2. The summed E-state index contributed by atoms with van der Waals surface area (Å²) in [5.74, 6) is 1.77. The van der Waals surface area contributed by atoms with Gasteiger partial charge in [0.05, 0.1) is 0 Å². The van der Waals surface area contributed by atoms with E-state index in [-0.39, 0.29) is 0 Å². The molecular weight excluding hydrogens is 312 g/mol. The number of hydrogen-bond acceptors (Lipinski definition) is 5. The summed E-state index contributed by atoms with van der Waals surface area (Å²) in [4.78, 5) is 13.7. The molecule has 25 heavy (non-hydrogen) atoms. The van der Waals surface area contributed by atoms with E-state index in [1.807, 2.05) is 11.4 Å². The van der Waals surface area contributed by atoms with Crippen molar-refractivity contribution in [2.75, 3.05) is 24.5 Å². The Morgan fingerprint density at radius 3 is 2.80 bits per heavy atom. The maximum absolute atomic E-state index is 4.45. The van der Waals surface area contributed by atoms with Gasteiger partial charge in [0.25, 0.3) is 5.78 Å². The van der Waals surface area contributed by atoms with Crippen molar-refractivity contribution in [2.24, 2.45) is 0 Å². The number of rotatable bonds is 3. The number of anilines is 1. The maximum atomic E-state index is 4.45. The van der Waals surface area contributed by atoms with Gasteiger partial charge in [-0.25, -0.2) is 4.98 Å². The monoisotopic (exact) mass is 336 g/mol. The molecule has 6 heteroatoms. The second kappa shape index (κ2) is 6.80. The molecular formula is C19H24N6. The third-order valence-electron chi connectivity index (χ3n) is 5.01. The molecule has 0 saturated carbocycles. The quantitative estimate of drug-likeness (QED) is 0.736. The van der Waals surface area contributed by atoms with Crippen molar-refractivity contribution < 1.29 is 0 Å². The van der Waals surface area contributed by atoms with E-state index in [9.17, 15) is 0 Å². The van der Waals surface area contributed by atoms with Gasteiger partial charge in [-0.05, 0) is 25.8 Å². The fourth-order valence-corrected chi connectivity index (χ4v) is 3.53. The molecule has 0 bridgehead atoms. The van der Waals surface area contributed by atoms with Crippen molar-refractivity contribution in [1.82, 2.24) is 24.5 Å². The summed E-state index contributed by atoms with van der Waals surface area (Å²) in [6.07, 6.45) is 2.71. The molecule has 1 atom stereocenters. The molecule has 1 aliphatic rings. The normalized spacial score (nSPS) is 19.3. The third kappa shape index (κ3) is 3.35. The van der Waals surface area contributed by atoms with Crippen molar-refractivity contribution in [3.8, 4) is 0 Å². The van der Waals surface area contributed by atoms with Crippen LogP contribution in [0.1, 0.15) is 24.6 Å². The summed E-state index contributed by atoms with van der Waals surface area (Å²) < 4.78 is 1.85. The summed E-state index contributed by atoms with van der Waals surface area (Å²) in [6, 6.07) is 13.4. The van der Waals surface area contributed by atoms with Crippen molar-refractivity contribution >= 4 is 11.6 Å². The molecule has 130 valence electrons. The largest absolute Gasteiger partial charge is 0.355 e. The molecule has 0 amide bonds. The Morgan fingerprint density at radius 1 is 1.12 bits per heavy atom. The molecule has 4 rings (SSSR count). The zero-order valence-corrected chi connectivity index (χ0v) is 14.8. The highest BCUT2D eigenvalue weighted by Gasteiger charge is 2.23. The predicted molar refractivity (Wildman–Crippen MR) is 98.7 cm³/mol. The van der Waals surface area contributed by atoms with Crippen LogP contribution in [0.2, 0.25) is 0 Å². The first-order valence-corrected chi connectivity index (χ1v) is 8.91. The van der Waals surface area contributed by atoms with Crippen LogP contribution in [0, 0.1) is 6.92 Å². The van der Waals surface area contributed by atoms with E-state index in [4.69, 9.17) is 0 Å². The third-order valence-corrected chi connectivity index (χ3v) is 5.01. The lowest BCUT2D eigenvalue weighted by molar-refractivity contribution is 0.212. The SMILES string of the molecule is Cc1cc(N2CCC(C)N(Cc3ccccc3)CC2)n2ncnc2n1. The Morgan fingerprint density at radius 2 is 1.96 bits per heavy atom. The number of nitrogens with zero attached hydrogens (tertiary/aromatic N) is 6. The predicted octanol–water partition coefficient (Wildman–Crippen LogP) is 2.53. The van der Waals surface area contributed by atoms with Gasteiger partial charge in [-0.1, -0.05) is 30.3 Å². The Bertz CT molecular complexity index is 844. The van der Waals surface area contributed by atoms with Gasteiger partial charge in [0, 0.05) is 44.0 Å². The van der Waals surface area contributed by atoms with Crippen LogP contribution in [0.5, 0.6) is 0 Å². The van der Waals surface area contributed by atoms with Gasteiger partial charge in [0.15, 0.2) is 0 Å². The zero-order chi connectivity index (χ0) is 17.2. The lowest BCUT2D eigenvalue weighted by atomic mass is 10.1. The molecule has 1 unspecified atom stereocenters. The van der Waals surface area contributed by atoms with E-state index in [0.717, 1.165) is 44.1 Å². The fraction of sp³-hybridized carbons (Fsp3) is 0.421. The summed E-state index contributed by atoms with van der Waals surface area (Å²) in [7, 11) is 0. The second-order valence-electron chi connectivity index (χ2n) is 6.81. The van der Waals surface area contributed by atoms with Crippen molar-refractivity contribution in [1.29, 1.82) is 0 Å². The summed E-state index contributed by atoms with van der Waals surface area (Å²) >= 11 is 0. The highest BCUT2D eigenvalue weighted by atomic mass is 15.4. The average molecular weight is 336 g/mol. The highest BCUT2D eigenvalue weighted by Crippen LogP contribution is 2.21. The van der Waals surface area contributed by atoms with Crippen LogP contribution in [0.3, 0.4) is 0 Å². The molecule has 0 radical (unpaired) electrons. The Balaban J connectivity index is 1.55. The lowest BCUT2D eigenvalue weighted by Crippen LogP contribution is -2.34. The molecule has 6 nitrogen and oxygen atoms in total. The maximum Gasteiger partial charge on any atom is 0.254 e. The van der Waals surface area contributed by atoms with E-state index in [1.54, 1.807) is 6.33 Å². The van der Waals surface area contributed by atoms with Crippen LogP contribution in [0.15, 0.2) is 42.7 Å². The van der Waals surface area contributed by atoms with Gasteiger partial charge in [-0.2, -0.15) is 14.6 Å². The first kappa shape index (κ1) is 16.0. The van der Waals surface area contributed by atoms with Crippen LogP contribution in [-0.4, -0.2) is 50.2 Å². The fourth-order valence-electron chi connectivity index (χ4n) is 3.53. The van der Waals surface area contributed by atoms with E-state index >= 15 is 0 Å². The number of aromatic nitrogens is 4. The van der Waals surface area contributed by atoms with Gasteiger partial charge in [0.1, 0.15) is 12.1 Å². The van der Waals surface area contributed by atoms with E-state index in [2.05, 4.69) is 68.2 Å². The molecule has 0 spiro atoms. The zero-order valence-electron chi connectivity index (χ0n) is 14.8. The molecule has 1 fully saturated rings. The van der Waals surface area contributed by atoms with Crippen molar-refractivity contribution in [3.05, 3.63) is 54.0 Å². The van der Waals surface area contributed by atoms with E-state index < -0.39 is 0 Å². The molecule has 3 heterocycles. The van der Waals surface area contributed by atoms with Crippen LogP contribution < -0.4 is 4.90 Å². The number of benzene rings is 1. The molecule has 1 aromatic carbocycles. The summed E-state index contributed by atoms with van der Waals surface area (Å²) in [5.41, 5.74) is 2.36. The van der Waals surface area contributed by atoms with E-state index in [0.29, 0.717) is 11.8 Å².